The Bertz CT molecular complexity index is 1380. The van der Waals surface area contributed by atoms with E-state index in [9.17, 15) is 18.0 Å². The lowest BCUT2D eigenvalue weighted by Gasteiger charge is -2.14. The van der Waals surface area contributed by atoms with Gasteiger partial charge in [0.2, 0.25) is 0 Å². The molecule has 0 spiro atoms. The van der Waals surface area contributed by atoms with E-state index in [2.05, 4.69) is 0 Å². The minimum absolute atomic E-state index is 0.000203. The van der Waals surface area contributed by atoms with Gasteiger partial charge in [0.05, 0.1) is 18.6 Å². The summed E-state index contributed by atoms with van der Waals surface area (Å²) in [6.45, 7) is 2.10. The second-order valence-electron chi connectivity index (χ2n) is 7.46. The molecule has 0 N–H and O–H groups in total. The number of imide groups is 1. The highest BCUT2D eigenvalue weighted by atomic mass is 32.2. The van der Waals surface area contributed by atoms with Crippen molar-refractivity contribution in [2.45, 2.75) is 18.4 Å². The molecule has 34 heavy (non-hydrogen) atoms. The van der Waals surface area contributed by atoms with Gasteiger partial charge in [-0.25, -0.2) is 0 Å². The van der Waals surface area contributed by atoms with Crippen LogP contribution in [-0.4, -0.2) is 31.6 Å². The number of hydrogen-bond donors (Lipinski definition) is 0. The number of hydrogen-bond acceptors (Lipinski definition) is 7. The molecule has 174 valence electrons. The molecule has 3 aromatic carbocycles. The van der Waals surface area contributed by atoms with Crippen molar-refractivity contribution < 1.29 is 26.9 Å². The van der Waals surface area contributed by atoms with Gasteiger partial charge in [0, 0.05) is 0 Å². The Kier molecular flexibility index (Phi) is 6.76. The molecule has 1 saturated heterocycles. The Balaban J connectivity index is 1.60. The molecule has 0 aliphatic carbocycles. The van der Waals surface area contributed by atoms with Crippen LogP contribution in [0.25, 0.3) is 6.08 Å². The number of amides is 2. The molecule has 7 nitrogen and oxygen atoms in total. The Morgan fingerprint density at radius 1 is 0.941 bits per heavy atom. The van der Waals surface area contributed by atoms with Gasteiger partial charge in [-0.05, 0) is 65.7 Å². The van der Waals surface area contributed by atoms with E-state index >= 15 is 0 Å². The zero-order valence-corrected chi connectivity index (χ0v) is 20.1. The lowest BCUT2D eigenvalue weighted by Crippen LogP contribution is -2.27. The number of ether oxygens (including phenoxy) is 1. The first-order valence-corrected chi connectivity index (χ1v) is 12.5. The maximum absolute atomic E-state index is 12.9. The maximum Gasteiger partial charge on any atom is 0.339 e. The molecule has 9 heteroatoms. The SMILES string of the molecule is COc1ccc(/C=C2\SC(=O)N(Cc3ccccc3C)C2=O)cc1OS(=O)(=O)c1ccccc1. The van der Waals surface area contributed by atoms with Gasteiger partial charge in [-0.1, -0.05) is 48.5 Å². The van der Waals surface area contributed by atoms with Crippen LogP contribution in [0, 0.1) is 6.92 Å². The fraction of sp³-hybridized carbons (Fsp3) is 0.120. The number of thioether (sulfide) groups is 1. The third-order valence-corrected chi connectivity index (χ3v) is 7.34. The predicted molar refractivity (Wildman–Crippen MR) is 130 cm³/mol. The zero-order valence-electron chi connectivity index (χ0n) is 18.4. The Morgan fingerprint density at radius 3 is 2.35 bits per heavy atom. The minimum atomic E-state index is -4.09. The van der Waals surface area contributed by atoms with E-state index in [1.165, 1.54) is 36.3 Å². The highest BCUT2D eigenvalue weighted by molar-refractivity contribution is 8.18. The number of aryl methyl sites for hydroxylation is 1. The van der Waals surface area contributed by atoms with Crippen molar-refractivity contribution in [1.82, 2.24) is 4.90 Å². The summed E-state index contributed by atoms with van der Waals surface area (Å²) in [4.78, 5) is 26.9. The fourth-order valence-corrected chi connectivity index (χ4v) is 5.14. The molecule has 0 aromatic heterocycles. The first kappa shape index (κ1) is 23.6. The average Bonchev–Trinajstić information content (AvgIpc) is 3.08. The van der Waals surface area contributed by atoms with Crippen LogP contribution in [0.15, 0.2) is 82.6 Å². The van der Waals surface area contributed by atoms with E-state index in [1.54, 1.807) is 30.3 Å². The molecular weight excluding hydrogens is 474 g/mol. The van der Waals surface area contributed by atoms with Crippen LogP contribution in [0.2, 0.25) is 0 Å². The standard InChI is InChI=1S/C25H21NO6S2/c1-17-8-6-7-9-19(17)16-26-24(27)23(33-25(26)28)15-18-12-13-21(31-2)22(14-18)32-34(29,30)20-10-4-3-5-11-20/h3-15H,16H2,1-2H3/b23-15-. The quantitative estimate of drug-likeness (QED) is 0.336. The van der Waals surface area contributed by atoms with Crippen molar-refractivity contribution in [3.8, 4) is 11.5 Å². The average molecular weight is 496 g/mol. The lowest BCUT2D eigenvalue weighted by molar-refractivity contribution is -0.123. The molecule has 0 atom stereocenters. The topological polar surface area (TPSA) is 90.0 Å². The molecule has 1 heterocycles. The van der Waals surface area contributed by atoms with E-state index in [0.29, 0.717) is 5.56 Å². The van der Waals surface area contributed by atoms with Crippen molar-refractivity contribution in [1.29, 1.82) is 0 Å². The Hall–Kier alpha value is -3.56. The van der Waals surface area contributed by atoms with Crippen molar-refractivity contribution in [2.75, 3.05) is 7.11 Å². The summed E-state index contributed by atoms with van der Waals surface area (Å²) < 4.78 is 35.9. The Labute approximate surface area is 202 Å². The third-order valence-electron chi connectivity index (χ3n) is 5.18. The van der Waals surface area contributed by atoms with E-state index in [0.717, 1.165) is 22.9 Å². The van der Waals surface area contributed by atoms with Crippen molar-refractivity contribution in [2.24, 2.45) is 0 Å². The molecule has 1 fully saturated rings. The van der Waals surface area contributed by atoms with Crippen LogP contribution in [-0.2, 0) is 21.5 Å². The summed E-state index contributed by atoms with van der Waals surface area (Å²) in [5.74, 6) is -0.225. The number of carbonyl (C=O) groups is 2. The number of benzene rings is 3. The summed E-state index contributed by atoms with van der Waals surface area (Å²) >= 11 is 0.836. The van der Waals surface area contributed by atoms with Gasteiger partial charge in [0.15, 0.2) is 11.5 Å². The minimum Gasteiger partial charge on any atom is -0.493 e. The van der Waals surface area contributed by atoms with E-state index in [1.807, 2.05) is 31.2 Å². The van der Waals surface area contributed by atoms with Crippen LogP contribution in [0.1, 0.15) is 16.7 Å². The molecule has 0 radical (unpaired) electrons. The van der Waals surface area contributed by atoms with Crippen molar-refractivity contribution in [3.63, 3.8) is 0 Å². The summed E-state index contributed by atoms with van der Waals surface area (Å²) in [5.41, 5.74) is 2.36. The van der Waals surface area contributed by atoms with Gasteiger partial charge < -0.3 is 8.92 Å². The van der Waals surface area contributed by atoms with Gasteiger partial charge in [0.1, 0.15) is 4.90 Å². The smallest absolute Gasteiger partial charge is 0.339 e. The molecule has 3 aromatic rings. The van der Waals surface area contributed by atoms with E-state index in [-0.39, 0.29) is 33.1 Å². The summed E-state index contributed by atoms with van der Waals surface area (Å²) in [5, 5.41) is -0.365. The second-order valence-corrected chi connectivity index (χ2v) is 9.99. The summed E-state index contributed by atoms with van der Waals surface area (Å²) in [6, 6.07) is 19.9. The monoisotopic (exact) mass is 495 g/mol. The number of carbonyl (C=O) groups excluding carboxylic acids is 2. The van der Waals surface area contributed by atoms with E-state index < -0.39 is 16.0 Å². The Morgan fingerprint density at radius 2 is 1.65 bits per heavy atom. The van der Waals surface area contributed by atoms with Gasteiger partial charge in [-0.2, -0.15) is 8.42 Å². The molecule has 1 aliphatic heterocycles. The van der Waals surface area contributed by atoms with Crippen LogP contribution < -0.4 is 8.92 Å². The molecule has 2 amide bonds. The summed E-state index contributed by atoms with van der Waals surface area (Å²) in [7, 11) is -2.70. The van der Waals surface area contributed by atoms with Crippen LogP contribution in [0.3, 0.4) is 0 Å². The van der Waals surface area contributed by atoms with Crippen LogP contribution in [0.4, 0.5) is 4.79 Å². The van der Waals surface area contributed by atoms with E-state index in [4.69, 9.17) is 8.92 Å². The first-order valence-electron chi connectivity index (χ1n) is 10.3. The number of methoxy groups -OCH3 is 1. The normalized spacial score (nSPS) is 15.1. The molecule has 0 saturated carbocycles. The zero-order chi connectivity index (χ0) is 24.3. The largest absolute Gasteiger partial charge is 0.493 e. The second kappa shape index (κ2) is 9.74. The highest BCUT2D eigenvalue weighted by Crippen LogP contribution is 2.36. The van der Waals surface area contributed by atoms with Gasteiger partial charge in [-0.3, -0.25) is 14.5 Å². The van der Waals surface area contributed by atoms with Crippen LogP contribution >= 0.6 is 11.8 Å². The maximum atomic E-state index is 12.9. The molecule has 0 bridgehead atoms. The number of rotatable bonds is 7. The molecule has 0 unspecified atom stereocenters. The van der Waals surface area contributed by atoms with Crippen LogP contribution in [0.5, 0.6) is 11.5 Å². The predicted octanol–water partition coefficient (Wildman–Crippen LogP) is 5.01. The first-order chi connectivity index (χ1) is 16.3. The molecule has 1 aliphatic rings. The summed E-state index contributed by atoms with van der Waals surface area (Å²) in [6.07, 6.45) is 1.53. The number of nitrogens with zero attached hydrogens (tertiary/aromatic N) is 1. The highest BCUT2D eigenvalue weighted by Gasteiger charge is 2.35. The molecule has 4 rings (SSSR count). The van der Waals surface area contributed by atoms with Gasteiger partial charge in [-0.15, -0.1) is 0 Å². The molecular formula is C25H21NO6S2. The van der Waals surface area contributed by atoms with Gasteiger partial charge in [0.25, 0.3) is 11.1 Å². The van der Waals surface area contributed by atoms with Crippen molar-refractivity contribution >= 4 is 39.1 Å². The third kappa shape index (κ3) is 5.00. The fourth-order valence-electron chi connectivity index (χ4n) is 3.35. The lowest BCUT2D eigenvalue weighted by atomic mass is 10.1. The van der Waals surface area contributed by atoms with Gasteiger partial charge >= 0.3 is 10.1 Å². The van der Waals surface area contributed by atoms with Crippen molar-refractivity contribution in [3.05, 3.63) is 94.4 Å².